The van der Waals surface area contributed by atoms with Crippen molar-refractivity contribution in [2.24, 2.45) is 0 Å². The molecule has 1 aromatic rings. The highest BCUT2D eigenvalue weighted by Crippen LogP contribution is 1.85. The van der Waals surface area contributed by atoms with E-state index < -0.39 is 17.1 Å². The molecule has 6 nitrogen and oxygen atoms in total. The fourth-order valence-corrected chi connectivity index (χ4v) is 1.93. The van der Waals surface area contributed by atoms with Crippen LogP contribution in [0, 0.1) is 0 Å². The van der Waals surface area contributed by atoms with E-state index in [2.05, 4.69) is 0 Å². The van der Waals surface area contributed by atoms with Crippen molar-refractivity contribution in [1.29, 1.82) is 0 Å². The molecule has 0 saturated carbocycles. The second-order valence-corrected chi connectivity index (χ2v) is 4.30. The number of aromatic nitrogens is 3. The van der Waals surface area contributed by atoms with Crippen molar-refractivity contribution in [3.63, 3.8) is 0 Å². The van der Waals surface area contributed by atoms with Crippen molar-refractivity contribution < 1.29 is 0 Å². The Morgan fingerprint density at radius 2 is 0.833 bits per heavy atom. The van der Waals surface area contributed by atoms with Gasteiger partial charge in [-0.2, -0.15) is 0 Å². The molecule has 0 aliphatic heterocycles. The summed E-state index contributed by atoms with van der Waals surface area (Å²) in [6.07, 6.45) is 2.06. The molecule has 1 aromatic heterocycles. The minimum atomic E-state index is -0.485. The van der Waals surface area contributed by atoms with Crippen LogP contribution in [0.25, 0.3) is 0 Å². The second-order valence-electron chi connectivity index (χ2n) is 4.30. The molecule has 0 unspecified atom stereocenters. The highest BCUT2D eigenvalue weighted by atomic mass is 16.2. The third kappa shape index (κ3) is 2.63. The maximum atomic E-state index is 12.1. The lowest BCUT2D eigenvalue weighted by molar-refractivity contribution is 0.438. The molecule has 18 heavy (non-hydrogen) atoms. The van der Waals surface area contributed by atoms with Gasteiger partial charge in [0, 0.05) is 19.6 Å². The van der Waals surface area contributed by atoms with Gasteiger partial charge in [-0.05, 0) is 19.3 Å². The zero-order chi connectivity index (χ0) is 13.7. The largest absolute Gasteiger partial charge is 0.336 e. The van der Waals surface area contributed by atoms with Crippen molar-refractivity contribution >= 4 is 0 Å². The predicted octanol–water partition coefficient (Wildman–Crippen LogP) is 0.402. The molecule has 0 N–H and O–H groups in total. The van der Waals surface area contributed by atoms with Gasteiger partial charge in [-0.15, -0.1) is 0 Å². The van der Waals surface area contributed by atoms with Crippen molar-refractivity contribution in [2.75, 3.05) is 0 Å². The number of hydrogen-bond acceptors (Lipinski definition) is 3. The number of nitrogens with zero attached hydrogens (tertiary/aromatic N) is 3. The van der Waals surface area contributed by atoms with E-state index in [0.29, 0.717) is 38.9 Å². The van der Waals surface area contributed by atoms with Crippen LogP contribution in [0.4, 0.5) is 0 Å². The van der Waals surface area contributed by atoms with Crippen molar-refractivity contribution in [2.45, 2.75) is 59.7 Å². The second kappa shape index (κ2) is 6.37. The molecule has 0 bridgehead atoms. The normalized spacial score (nSPS) is 10.8. The van der Waals surface area contributed by atoms with Gasteiger partial charge in [-0.25, -0.2) is 28.1 Å². The monoisotopic (exact) mass is 255 g/mol. The fraction of sp³-hybridized carbons (Fsp3) is 0.750. The van der Waals surface area contributed by atoms with E-state index in [-0.39, 0.29) is 0 Å². The van der Waals surface area contributed by atoms with Crippen LogP contribution in [0.2, 0.25) is 0 Å². The molecular weight excluding hydrogens is 234 g/mol. The first-order valence-electron chi connectivity index (χ1n) is 6.52. The lowest BCUT2D eigenvalue weighted by Crippen LogP contribution is -2.54. The van der Waals surface area contributed by atoms with Crippen molar-refractivity contribution in [3.05, 3.63) is 31.5 Å². The summed E-state index contributed by atoms with van der Waals surface area (Å²) in [5.74, 6) is 0. The Hall–Kier alpha value is -1.59. The van der Waals surface area contributed by atoms with Crippen LogP contribution in [0.15, 0.2) is 14.4 Å². The maximum absolute atomic E-state index is 12.1. The zero-order valence-electron chi connectivity index (χ0n) is 11.3. The standard InChI is InChI=1S/C12H21N3O3/c1-4-7-13-10(16)14(8-5-2)12(18)15(9-6-3)11(13)17/h4-9H2,1-3H3. The summed E-state index contributed by atoms with van der Waals surface area (Å²) in [7, 11) is 0. The van der Waals surface area contributed by atoms with E-state index in [0.717, 1.165) is 13.7 Å². The SMILES string of the molecule is CCCn1c(=O)n(CCC)c(=O)n(CCC)c1=O. The third-order valence-electron chi connectivity index (χ3n) is 2.73. The molecule has 0 fully saturated rings. The Morgan fingerprint density at radius 1 is 0.611 bits per heavy atom. The Labute approximate surface area is 105 Å². The number of rotatable bonds is 6. The fourth-order valence-electron chi connectivity index (χ4n) is 1.93. The van der Waals surface area contributed by atoms with E-state index in [4.69, 9.17) is 0 Å². The molecule has 1 rings (SSSR count). The molecule has 6 heteroatoms. The van der Waals surface area contributed by atoms with Gasteiger partial charge in [0.2, 0.25) is 0 Å². The Bertz CT molecular complexity index is 454. The van der Waals surface area contributed by atoms with Gasteiger partial charge in [0.25, 0.3) is 0 Å². The van der Waals surface area contributed by atoms with Crippen LogP contribution in [-0.2, 0) is 19.6 Å². The average Bonchev–Trinajstić information content (AvgIpc) is 2.35. The Kier molecular flexibility index (Phi) is 5.12. The molecular formula is C12H21N3O3. The van der Waals surface area contributed by atoms with Gasteiger partial charge >= 0.3 is 17.1 Å². The molecule has 0 aromatic carbocycles. The Balaban J connectivity index is 3.59. The zero-order valence-corrected chi connectivity index (χ0v) is 11.3. The molecule has 0 spiro atoms. The third-order valence-corrected chi connectivity index (χ3v) is 2.73. The lowest BCUT2D eigenvalue weighted by Gasteiger charge is -2.12. The van der Waals surface area contributed by atoms with Crippen LogP contribution in [-0.4, -0.2) is 13.7 Å². The van der Waals surface area contributed by atoms with Crippen LogP contribution in [0.3, 0.4) is 0 Å². The first-order chi connectivity index (χ1) is 8.58. The van der Waals surface area contributed by atoms with Crippen LogP contribution in [0.1, 0.15) is 40.0 Å². The molecule has 102 valence electrons. The summed E-state index contributed by atoms with van der Waals surface area (Å²) >= 11 is 0. The molecule has 0 radical (unpaired) electrons. The number of hydrogen-bond donors (Lipinski definition) is 0. The van der Waals surface area contributed by atoms with Gasteiger partial charge in [0.15, 0.2) is 0 Å². The Morgan fingerprint density at radius 3 is 1.00 bits per heavy atom. The van der Waals surface area contributed by atoms with Gasteiger partial charge in [-0.1, -0.05) is 20.8 Å². The minimum Gasteiger partial charge on any atom is -0.247 e. The average molecular weight is 255 g/mol. The van der Waals surface area contributed by atoms with E-state index in [1.54, 1.807) is 0 Å². The van der Waals surface area contributed by atoms with E-state index in [1.165, 1.54) is 0 Å². The maximum Gasteiger partial charge on any atom is 0.336 e. The molecule has 1 heterocycles. The van der Waals surface area contributed by atoms with Gasteiger partial charge in [0.05, 0.1) is 0 Å². The topological polar surface area (TPSA) is 66.0 Å². The summed E-state index contributed by atoms with van der Waals surface area (Å²) < 4.78 is 3.48. The van der Waals surface area contributed by atoms with Gasteiger partial charge < -0.3 is 0 Å². The molecule has 0 saturated heterocycles. The summed E-state index contributed by atoms with van der Waals surface area (Å²) in [4.78, 5) is 36.2. The lowest BCUT2D eigenvalue weighted by atomic mass is 10.4. The molecule has 0 aliphatic carbocycles. The van der Waals surface area contributed by atoms with E-state index >= 15 is 0 Å². The summed E-state index contributed by atoms with van der Waals surface area (Å²) in [6.45, 7) is 6.74. The first-order valence-corrected chi connectivity index (χ1v) is 6.52. The smallest absolute Gasteiger partial charge is 0.247 e. The minimum absolute atomic E-state index is 0.353. The van der Waals surface area contributed by atoms with Crippen LogP contribution < -0.4 is 17.1 Å². The summed E-state index contributed by atoms with van der Waals surface area (Å²) in [6, 6.07) is 0. The van der Waals surface area contributed by atoms with Crippen molar-refractivity contribution in [3.8, 4) is 0 Å². The van der Waals surface area contributed by atoms with Gasteiger partial charge in [-0.3, -0.25) is 0 Å². The van der Waals surface area contributed by atoms with E-state index in [9.17, 15) is 14.4 Å². The highest BCUT2D eigenvalue weighted by molar-refractivity contribution is 4.78. The first kappa shape index (κ1) is 14.5. The van der Waals surface area contributed by atoms with Crippen LogP contribution in [0.5, 0.6) is 0 Å². The predicted molar refractivity (Wildman–Crippen MR) is 70.1 cm³/mol. The highest BCUT2D eigenvalue weighted by Gasteiger charge is 2.13. The van der Waals surface area contributed by atoms with E-state index in [1.807, 2.05) is 20.8 Å². The van der Waals surface area contributed by atoms with Crippen molar-refractivity contribution in [1.82, 2.24) is 13.7 Å². The summed E-state index contributed by atoms with van der Waals surface area (Å²) in [5, 5.41) is 0. The molecule has 0 aliphatic rings. The molecule has 0 amide bonds. The summed E-state index contributed by atoms with van der Waals surface area (Å²) in [5.41, 5.74) is -1.46. The molecule has 0 atom stereocenters. The quantitative estimate of drug-likeness (QED) is 0.739. The van der Waals surface area contributed by atoms with Gasteiger partial charge in [0.1, 0.15) is 0 Å². The van der Waals surface area contributed by atoms with Crippen LogP contribution >= 0.6 is 0 Å².